The lowest BCUT2D eigenvalue weighted by Crippen LogP contribution is -2.24. The average Bonchev–Trinajstić information content (AvgIpc) is 3.28. The third-order valence-corrected chi connectivity index (χ3v) is 5.06. The zero-order valence-corrected chi connectivity index (χ0v) is 15.3. The molecule has 0 aliphatic carbocycles. The Morgan fingerprint density at radius 2 is 2.07 bits per heavy atom. The minimum absolute atomic E-state index is 0.131. The predicted molar refractivity (Wildman–Crippen MR) is 104 cm³/mol. The molecule has 2 N–H and O–H groups in total. The van der Waals surface area contributed by atoms with Crippen molar-refractivity contribution < 1.29 is 14.3 Å². The summed E-state index contributed by atoms with van der Waals surface area (Å²) >= 11 is 5.42. The lowest BCUT2D eigenvalue weighted by molar-refractivity contribution is 0.0697. The summed E-state index contributed by atoms with van der Waals surface area (Å²) in [5.41, 5.74) is 1.81. The molecule has 2 aromatic heterocycles. The predicted octanol–water partition coefficient (Wildman–Crippen LogP) is 3.64. The Kier molecular flexibility index (Phi) is 4.37. The highest BCUT2D eigenvalue weighted by atomic mass is 32.1. The first kappa shape index (κ1) is 17.2. The molecule has 1 aromatic carbocycles. The molecule has 2 atom stereocenters. The van der Waals surface area contributed by atoms with Crippen molar-refractivity contribution in [1.29, 1.82) is 0 Å². The van der Waals surface area contributed by atoms with Crippen LogP contribution in [-0.4, -0.2) is 33.1 Å². The number of carboxylic acid groups (broad SMARTS) is 1. The number of aromatic nitrogens is 1. The Labute approximate surface area is 161 Å². The van der Waals surface area contributed by atoms with Crippen molar-refractivity contribution in [2.45, 2.75) is 12.1 Å². The molecule has 1 saturated heterocycles. The van der Waals surface area contributed by atoms with Crippen LogP contribution in [0.1, 0.15) is 33.9 Å². The number of aromatic carboxylic acids is 1. The highest BCUT2D eigenvalue weighted by Gasteiger charge is 2.39. The van der Waals surface area contributed by atoms with E-state index in [1.807, 2.05) is 48.3 Å². The minimum atomic E-state index is -0.969. The molecule has 0 radical (unpaired) electrons. The van der Waals surface area contributed by atoms with E-state index < -0.39 is 5.97 Å². The molecule has 3 heterocycles. The van der Waals surface area contributed by atoms with Gasteiger partial charge in [0.05, 0.1) is 17.3 Å². The van der Waals surface area contributed by atoms with Crippen LogP contribution in [0.15, 0.2) is 65.2 Å². The molecule has 0 saturated carbocycles. The van der Waals surface area contributed by atoms with Gasteiger partial charge < -0.3 is 19.7 Å². The van der Waals surface area contributed by atoms with Crippen LogP contribution < -0.4 is 5.32 Å². The van der Waals surface area contributed by atoms with E-state index in [-0.39, 0.29) is 17.6 Å². The lowest BCUT2D eigenvalue weighted by Gasteiger charge is -2.21. The van der Waals surface area contributed by atoms with Crippen molar-refractivity contribution in [2.24, 2.45) is 0 Å². The van der Waals surface area contributed by atoms with Crippen molar-refractivity contribution in [3.63, 3.8) is 0 Å². The van der Waals surface area contributed by atoms with Crippen LogP contribution in [0, 0.1) is 0 Å². The Morgan fingerprint density at radius 1 is 1.22 bits per heavy atom. The number of rotatable bonds is 4. The Hall–Kier alpha value is -3.19. The van der Waals surface area contributed by atoms with E-state index in [2.05, 4.69) is 10.3 Å². The van der Waals surface area contributed by atoms with Crippen LogP contribution in [-0.2, 0) is 0 Å². The van der Waals surface area contributed by atoms with Crippen LogP contribution in [0.3, 0.4) is 0 Å². The van der Waals surface area contributed by atoms with E-state index in [0.717, 1.165) is 11.5 Å². The summed E-state index contributed by atoms with van der Waals surface area (Å²) in [7, 11) is 1.91. The number of carboxylic acids is 1. The highest BCUT2D eigenvalue weighted by molar-refractivity contribution is 7.80. The van der Waals surface area contributed by atoms with Gasteiger partial charge >= 0.3 is 5.97 Å². The van der Waals surface area contributed by atoms with Gasteiger partial charge in [0.2, 0.25) is 0 Å². The summed E-state index contributed by atoms with van der Waals surface area (Å²) in [5.74, 6) is 0.374. The molecule has 1 aliphatic rings. The summed E-state index contributed by atoms with van der Waals surface area (Å²) in [5, 5.41) is 13.1. The van der Waals surface area contributed by atoms with Crippen molar-refractivity contribution in [2.75, 3.05) is 7.05 Å². The first-order chi connectivity index (χ1) is 13.0. The fraction of sp³-hybridized carbons (Fsp3) is 0.150. The van der Waals surface area contributed by atoms with Gasteiger partial charge in [-0.3, -0.25) is 4.98 Å². The Bertz CT molecular complexity index is 1000. The van der Waals surface area contributed by atoms with Gasteiger partial charge in [0, 0.05) is 18.8 Å². The number of pyridine rings is 1. The molecule has 27 heavy (non-hydrogen) atoms. The first-order valence-electron chi connectivity index (χ1n) is 8.42. The van der Waals surface area contributed by atoms with Gasteiger partial charge in [-0.05, 0) is 48.6 Å². The van der Waals surface area contributed by atoms with Crippen LogP contribution in [0.2, 0.25) is 0 Å². The number of likely N-dealkylation sites (N-methyl/N-ethyl adjacent to an activating group) is 1. The first-order valence-corrected chi connectivity index (χ1v) is 8.83. The normalized spacial score (nSPS) is 19.1. The van der Waals surface area contributed by atoms with Gasteiger partial charge in [-0.15, -0.1) is 0 Å². The molecule has 0 amide bonds. The second-order valence-electron chi connectivity index (χ2n) is 6.33. The summed E-state index contributed by atoms with van der Waals surface area (Å²) in [4.78, 5) is 17.6. The number of hydrogen-bond donors (Lipinski definition) is 2. The van der Waals surface area contributed by atoms with Crippen LogP contribution in [0.25, 0.3) is 11.3 Å². The lowest BCUT2D eigenvalue weighted by atomic mass is 10.0. The maximum absolute atomic E-state index is 11.2. The van der Waals surface area contributed by atoms with Gasteiger partial charge in [0.1, 0.15) is 17.6 Å². The SMILES string of the molecule is CN1C(=S)N[C@@H](c2ccccn2)[C@@H]1c1ccc(-c2cccc(C(=O)O)c2)o1. The molecule has 136 valence electrons. The molecule has 4 rings (SSSR count). The van der Waals surface area contributed by atoms with Crippen molar-refractivity contribution in [3.05, 3.63) is 77.8 Å². The van der Waals surface area contributed by atoms with E-state index in [1.165, 1.54) is 0 Å². The van der Waals surface area contributed by atoms with E-state index in [9.17, 15) is 9.90 Å². The Morgan fingerprint density at radius 3 is 2.81 bits per heavy atom. The molecule has 1 aliphatic heterocycles. The largest absolute Gasteiger partial charge is 0.478 e. The van der Waals surface area contributed by atoms with Gasteiger partial charge in [-0.2, -0.15) is 0 Å². The summed E-state index contributed by atoms with van der Waals surface area (Å²) in [6.07, 6.45) is 1.75. The molecule has 3 aromatic rings. The number of thiocarbonyl (C=S) groups is 1. The zero-order chi connectivity index (χ0) is 19.0. The molecule has 7 heteroatoms. The van der Waals surface area contributed by atoms with Crippen LogP contribution >= 0.6 is 12.2 Å². The minimum Gasteiger partial charge on any atom is -0.478 e. The Balaban J connectivity index is 1.70. The summed E-state index contributed by atoms with van der Waals surface area (Å²) in [6.45, 7) is 0. The van der Waals surface area contributed by atoms with E-state index in [1.54, 1.807) is 24.4 Å². The van der Waals surface area contributed by atoms with Crippen molar-refractivity contribution in [1.82, 2.24) is 15.2 Å². The third kappa shape index (κ3) is 3.17. The molecule has 1 fully saturated rings. The average molecular weight is 379 g/mol. The van der Waals surface area contributed by atoms with Crippen LogP contribution in [0.5, 0.6) is 0 Å². The second-order valence-corrected chi connectivity index (χ2v) is 6.71. The maximum Gasteiger partial charge on any atom is 0.335 e. The molecule has 0 spiro atoms. The number of nitrogens with zero attached hydrogens (tertiary/aromatic N) is 2. The van der Waals surface area contributed by atoms with Gasteiger partial charge in [-0.1, -0.05) is 18.2 Å². The zero-order valence-electron chi connectivity index (χ0n) is 14.5. The quantitative estimate of drug-likeness (QED) is 0.670. The number of hydrogen-bond acceptors (Lipinski definition) is 4. The van der Waals surface area contributed by atoms with E-state index in [0.29, 0.717) is 16.4 Å². The fourth-order valence-electron chi connectivity index (χ4n) is 3.29. The number of benzene rings is 1. The fourth-order valence-corrected chi connectivity index (χ4v) is 3.53. The van der Waals surface area contributed by atoms with Crippen molar-refractivity contribution >= 4 is 23.3 Å². The second kappa shape index (κ2) is 6.85. The molecule has 0 bridgehead atoms. The van der Waals surface area contributed by atoms with Crippen molar-refractivity contribution in [3.8, 4) is 11.3 Å². The topological polar surface area (TPSA) is 78.6 Å². The molecular formula is C20H17N3O3S. The van der Waals surface area contributed by atoms with Gasteiger partial charge in [0.15, 0.2) is 5.11 Å². The highest BCUT2D eigenvalue weighted by Crippen LogP contribution is 2.39. The third-order valence-electron chi connectivity index (χ3n) is 4.65. The summed E-state index contributed by atoms with van der Waals surface area (Å²) < 4.78 is 6.10. The van der Waals surface area contributed by atoms with E-state index in [4.69, 9.17) is 16.6 Å². The smallest absolute Gasteiger partial charge is 0.335 e. The van der Waals surface area contributed by atoms with Gasteiger partial charge in [0.25, 0.3) is 0 Å². The molecular weight excluding hydrogens is 362 g/mol. The van der Waals surface area contributed by atoms with Gasteiger partial charge in [-0.25, -0.2) is 4.79 Å². The standard InChI is InChI=1S/C20H17N3O3S/c1-23-18(17(22-20(23)27)14-7-2-3-10-21-14)16-9-8-15(26-16)12-5-4-6-13(11-12)19(24)25/h2-11,17-18H,1H3,(H,22,27)(H,24,25)/t17-,18-/m0/s1. The summed E-state index contributed by atoms with van der Waals surface area (Å²) in [6, 6.07) is 15.9. The molecule has 6 nitrogen and oxygen atoms in total. The van der Waals surface area contributed by atoms with Crippen LogP contribution in [0.4, 0.5) is 0 Å². The number of furan rings is 1. The monoisotopic (exact) mass is 379 g/mol. The number of carbonyl (C=O) groups is 1. The maximum atomic E-state index is 11.2. The number of nitrogens with one attached hydrogen (secondary N) is 1. The molecule has 0 unspecified atom stereocenters. The van der Waals surface area contributed by atoms with E-state index >= 15 is 0 Å².